The van der Waals surface area contributed by atoms with E-state index in [0.717, 1.165) is 38.9 Å². The average molecular weight is 353 g/mol. The Kier molecular flexibility index (Phi) is 4.89. The molecular formula is C21H23NO4. The molecule has 0 spiro atoms. The van der Waals surface area contributed by atoms with Gasteiger partial charge in [0.25, 0.3) is 0 Å². The second kappa shape index (κ2) is 7.12. The van der Waals surface area contributed by atoms with Crippen LogP contribution in [-0.2, 0) is 11.2 Å². The minimum Gasteiger partial charge on any atom is -0.493 e. The van der Waals surface area contributed by atoms with Gasteiger partial charge in [-0.25, -0.2) is 0 Å². The molecule has 0 aliphatic heterocycles. The smallest absolute Gasteiger partial charge is 0.307 e. The van der Waals surface area contributed by atoms with E-state index in [9.17, 15) is 9.90 Å². The number of aromatic amines is 1. The van der Waals surface area contributed by atoms with Crippen molar-refractivity contribution in [1.82, 2.24) is 4.98 Å². The lowest BCUT2D eigenvalue weighted by molar-refractivity contribution is -0.136. The summed E-state index contributed by atoms with van der Waals surface area (Å²) in [5.74, 6) is 0.435. The van der Waals surface area contributed by atoms with Crippen LogP contribution in [0.5, 0.6) is 11.5 Å². The van der Waals surface area contributed by atoms with Crippen molar-refractivity contribution < 1.29 is 19.4 Å². The van der Waals surface area contributed by atoms with Crippen LogP contribution in [0.25, 0.3) is 22.2 Å². The lowest BCUT2D eigenvalue weighted by Crippen LogP contribution is -2.02. The van der Waals surface area contributed by atoms with Crippen molar-refractivity contribution in [1.29, 1.82) is 0 Å². The molecule has 2 aromatic carbocycles. The van der Waals surface area contributed by atoms with Gasteiger partial charge in [0, 0.05) is 16.5 Å². The number of benzene rings is 2. The molecule has 0 aliphatic carbocycles. The molecule has 1 aromatic heterocycles. The summed E-state index contributed by atoms with van der Waals surface area (Å²) in [5, 5.41) is 10.4. The number of hydrogen-bond donors (Lipinski definition) is 2. The lowest BCUT2D eigenvalue weighted by Gasteiger charge is -2.11. The quantitative estimate of drug-likeness (QED) is 0.685. The zero-order chi connectivity index (χ0) is 18.8. The molecule has 0 amide bonds. The zero-order valence-electron chi connectivity index (χ0n) is 15.5. The highest BCUT2D eigenvalue weighted by Gasteiger charge is 2.19. The molecule has 0 fully saturated rings. The first-order valence-corrected chi connectivity index (χ1v) is 8.59. The highest BCUT2D eigenvalue weighted by molar-refractivity contribution is 5.96. The Morgan fingerprint density at radius 3 is 2.58 bits per heavy atom. The molecule has 0 aliphatic rings. The molecule has 26 heavy (non-hydrogen) atoms. The third-order valence-electron chi connectivity index (χ3n) is 4.42. The Morgan fingerprint density at radius 2 is 1.92 bits per heavy atom. The molecule has 0 saturated heterocycles. The van der Waals surface area contributed by atoms with Crippen LogP contribution in [0.2, 0.25) is 0 Å². The first kappa shape index (κ1) is 17.9. The van der Waals surface area contributed by atoms with E-state index < -0.39 is 5.97 Å². The van der Waals surface area contributed by atoms with Crippen LogP contribution in [0.3, 0.4) is 0 Å². The lowest BCUT2D eigenvalue weighted by atomic mass is 9.98. The molecule has 2 N–H and O–H groups in total. The van der Waals surface area contributed by atoms with E-state index in [1.54, 1.807) is 7.11 Å². The largest absolute Gasteiger partial charge is 0.493 e. The minimum atomic E-state index is -0.856. The summed E-state index contributed by atoms with van der Waals surface area (Å²) >= 11 is 0. The number of ether oxygens (including phenoxy) is 2. The van der Waals surface area contributed by atoms with Crippen molar-refractivity contribution in [2.75, 3.05) is 13.7 Å². The summed E-state index contributed by atoms with van der Waals surface area (Å²) in [6.45, 7) is 6.48. The Balaban J connectivity index is 2.25. The van der Waals surface area contributed by atoms with Gasteiger partial charge in [0.1, 0.15) is 0 Å². The van der Waals surface area contributed by atoms with E-state index >= 15 is 0 Å². The molecule has 136 valence electrons. The van der Waals surface area contributed by atoms with E-state index in [0.29, 0.717) is 18.1 Å². The highest BCUT2D eigenvalue weighted by Crippen LogP contribution is 2.37. The summed E-state index contributed by atoms with van der Waals surface area (Å²) in [6.07, 6.45) is -0.0464. The number of carboxylic acids is 1. The first-order chi connectivity index (χ1) is 12.4. The Labute approximate surface area is 152 Å². The third-order valence-corrected chi connectivity index (χ3v) is 4.42. The zero-order valence-corrected chi connectivity index (χ0v) is 15.5. The van der Waals surface area contributed by atoms with E-state index in [2.05, 4.69) is 11.1 Å². The third kappa shape index (κ3) is 3.25. The maximum Gasteiger partial charge on any atom is 0.307 e. The predicted molar refractivity (Wildman–Crippen MR) is 102 cm³/mol. The van der Waals surface area contributed by atoms with Gasteiger partial charge in [0.2, 0.25) is 0 Å². The number of rotatable bonds is 6. The normalized spacial score (nSPS) is 10.9. The van der Waals surface area contributed by atoms with Crippen molar-refractivity contribution in [3.8, 4) is 22.8 Å². The fourth-order valence-corrected chi connectivity index (χ4v) is 3.48. The molecule has 0 saturated carbocycles. The molecule has 0 atom stereocenters. The van der Waals surface area contributed by atoms with Gasteiger partial charge in [0.05, 0.1) is 25.8 Å². The molecule has 3 aromatic rings. The van der Waals surface area contributed by atoms with Gasteiger partial charge in [-0.1, -0.05) is 6.07 Å². The molecule has 5 heteroatoms. The average Bonchev–Trinajstić information content (AvgIpc) is 2.92. The fraction of sp³-hybridized carbons (Fsp3) is 0.286. The summed E-state index contributed by atoms with van der Waals surface area (Å²) in [7, 11) is 1.60. The molecule has 0 radical (unpaired) electrons. The molecule has 3 rings (SSSR count). The highest BCUT2D eigenvalue weighted by atomic mass is 16.5. The number of nitrogens with one attached hydrogen (secondary N) is 1. The maximum absolute atomic E-state index is 11.5. The summed E-state index contributed by atoms with van der Waals surface area (Å²) in [4.78, 5) is 14.9. The molecular weight excluding hydrogens is 330 g/mol. The van der Waals surface area contributed by atoms with Crippen LogP contribution >= 0.6 is 0 Å². The predicted octanol–water partition coefficient (Wildman–Crippen LogP) is 4.49. The van der Waals surface area contributed by atoms with Crippen molar-refractivity contribution in [2.45, 2.75) is 27.2 Å². The van der Waals surface area contributed by atoms with E-state index in [1.807, 2.05) is 45.0 Å². The number of aryl methyl sites for hydroxylation is 2. The number of carbonyl (C=O) groups is 1. The van der Waals surface area contributed by atoms with Crippen molar-refractivity contribution in [2.24, 2.45) is 0 Å². The van der Waals surface area contributed by atoms with Crippen LogP contribution in [0.1, 0.15) is 23.6 Å². The number of aliphatic carboxylic acids is 1. The van der Waals surface area contributed by atoms with Crippen LogP contribution < -0.4 is 9.47 Å². The number of fused-ring (bicyclic) bond motifs is 1. The monoisotopic (exact) mass is 353 g/mol. The van der Waals surface area contributed by atoms with Crippen molar-refractivity contribution >= 4 is 16.9 Å². The van der Waals surface area contributed by atoms with Crippen LogP contribution in [0, 0.1) is 13.8 Å². The van der Waals surface area contributed by atoms with Crippen LogP contribution in [-0.4, -0.2) is 29.8 Å². The maximum atomic E-state index is 11.5. The standard InChI is InChI=1S/C21H23NO4/c1-5-26-18-10-14(6-7-17(18)25-4)21-15(11-19(23)24)20-13(3)8-12(2)9-16(20)22-21/h6-10,22H,5,11H2,1-4H3,(H,23,24). The van der Waals surface area contributed by atoms with Gasteiger partial charge in [-0.3, -0.25) is 4.79 Å². The minimum absolute atomic E-state index is 0.0464. The summed E-state index contributed by atoms with van der Waals surface area (Å²) in [5.41, 5.74) is 5.62. The molecule has 0 unspecified atom stereocenters. The Bertz CT molecular complexity index is 972. The molecule has 5 nitrogen and oxygen atoms in total. The van der Waals surface area contributed by atoms with E-state index in [-0.39, 0.29) is 6.42 Å². The van der Waals surface area contributed by atoms with Crippen LogP contribution in [0.4, 0.5) is 0 Å². The molecule has 1 heterocycles. The first-order valence-electron chi connectivity index (χ1n) is 8.59. The number of carboxylic acid groups (broad SMARTS) is 1. The number of methoxy groups -OCH3 is 1. The van der Waals surface area contributed by atoms with Gasteiger partial charge >= 0.3 is 5.97 Å². The van der Waals surface area contributed by atoms with Gasteiger partial charge < -0.3 is 19.6 Å². The van der Waals surface area contributed by atoms with Crippen LogP contribution in [0.15, 0.2) is 30.3 Å². The van der Waals surface area contributed by atoms with Gasteiger partial charge in [-0.2, -0.15) is 0 Å². The summed E-state index contributed by atoms with van der Waals surface area (Å²) < 4.78 is 11.0. The van der Waals surface area contributed by atoms with E-state index in [4.69, 9.17) is 9.47 Å². The Morgan fingerprint density at radius 1 is 1.15 bits per heavy atom. The van der Waals surface area contributed by atoms with E-state index in [1.165, 1.54) is 0 Å². The van der Waals surface area contributed by atoms with Gasteiger partial charge in [-0.15, -0.1) is 0 Å². The van der Waals surface area contributed by atoms with Crippen molar-refractivity contribution in [3.63, 3.8) is 0 Å². The second-order valence-corrected chi connectivity index (χ2v) is 6.35. The SMILES string of the molecule is CCOc1cc(-c2[nH]c3cc(C)cc(C)c3c2CC(=O)O)ccc1OC. The second-order valence-electron chi connectivity index (χ2n) is 6.35. The van der Waals surface area contributed by atoms with Gasteiger partial charge in [0.15, 0.2) is 11.5 Å². The topological polar surface area (TPSA) is 71.6 Å². The number of H-pyrrole nitrogens is 1. The summed E-state index contributed by atoms with van der Waals surface area (Å²) in [6, 6.07) is 9.77. The van der Waals surface area contributed by atoms with Crippen molar-refractivity contribution in [3.05, 3.63) is 47.0 Å². The number of aromatic nitrogens is 1. The Hall–Kier alpha value is -2.95. The van der Waals surface area contributed by atoms with Gasteiger partial charge in [-0.05, 0) is 61.7 Å². The number of hydrogen-bond acceptors (Lipinski definition) is 3. The molecule has 0 bridgehead atoms. The fourth-order valence-electron chi connectivity index (χ4n) is 3.48.